The van der Waals surface area contributed by atoms with Crippen LogP contribution in [0.15, 0.2) is 42.5 Å². The number of carbonyl (C=O) groups is 2. The first-order valence-corrected chi connectivity index (χ1v) is 9.63. The maximum Gasteiger partial charge on any atom is 0.362 e. The van der Waals surface area contributed by atoms with E-state index in [1.807, 2.05) is 13.8 Å². The normalized spacial score (nSPS) is 10.6. The predicted octanol–water partition coefficient (Wildman–Crippen LogP) is 4.83. The van der Waals surface area contributed by atoms with E-state index in [-0.39, 0.29) is 17.5 Å². The van der Waals surface area contributed by atoms with E-state index in [0.717, 1.165) is 25.7 Å². The second-order valence-corrected chi connectivity index (χ2v) is 6.61. The van der Waals surface area contributed by atoms with Crippen LogP contribution in [-0.2, 0) is 4.74 Å². The summed E-state index contributed by atoms with van der Waals surface area (Å²) < 4.78 is 16.3. The number of carbonyl (C=O) groups excluding carboxylic acids is 2. The molecule has 2 rings (SSSR count). The summed E-state index contributed by atoms with van der Waals surface area (Å²) in [6.45, 7) is 6.23. The minimum Gasteiger partial charge on any atom is -0.487 e. The molecule has 0 N–H and O–H groups in total. The minimum absolute atomic E-state index is 0.0276. The van der Waals surface area contributed by atoms with Crippen molar-refractivity contribution in [3.8, 4) is 11.5 Å². The van der Waals surface area contributed by atoms with E-state index in [0.29, 0.717) is 18.1 Å². The number of aromatic nitrogens is 1. The molecular formula is C22H27NO5. The number of benzene rings is 1. The number of para-hydroxylation sites is 2. The van der Waals surface area contributed by atoms with Crippen molar-refractivity contribution in [1.29, 1.82) is 0 Å². The fourth-order valence-corrected chi connectivity index (χ4v) is 2.47. The number of esters is 2. The third kappa shape index (κ3) is 6.68. The minimum atomic E-state index is -0.669. The van der Waals surface area contributed by atoms with Crippen molar-refractivity contribution < 1.29 is 23.8 Å². The lowest BCUT2D eigenvalue weighted by Crippen LogP contribution is -2.15. The molecule has 0 aliphatic carbocycles. The highest BCUT2D eigenvalue weighted by Gasteiger charge is 2.17. The summed E-state index contributed by atoms with van der Waals surface area (Å²) in [7, 11) is 0. The molecule has 6 heteroatoms. The van der Waals surface area contributed by atoms with Crippen molar-refractivity contribution in [2.45, 2.75) is 52.6 Å². The van der Waals surface area contributed by atoms with Gasteiger partial charge in [0.15, 0.2) is 11.5 Å². The molecule has 0 amide bonds. The molecule has 1 aromatic carbocycles. The Morgan fingerprint density at radius 1 is 0.893 bits per heavy atom. The van der Waals surface area contributed by atoms with E-state index >= 15 is 0 Å². The van der Waals surface area contributed by atoms with Crippen LogP contribution >= 0.6 is 0 Å². The van der Waals surface area contributed by atoms with Crippen LogP contribution in [0.3, 0.4) is 0 Å². The molecule has 1 aromatic heterocycles. The smallest absolute Gasteiger partial charge is 0.362 e. The lowest BCUT2D eigenvalue weighted by atomic mass is 10.2. The first-order chi connectivity index (χ1) is 13.5. The standard InChI is InChI=1S/C22H27NO5/c1-4-5-6-9-15-26-21(24)17-11-10-12-18(23-17)22(25)28-20-14-8-7-13-19(20)27-16(2)3/h7-8,10-14,16H,4-6,9,15H2,1-3H3. The summed E-state index contributed by atoms with van der Waals surface area (Å²) in [6.07, 6.45) is 3.99. The molecule has 0 aliphatic heterocycles. The molecular weight excluding hydrogens is 358 g/mol. The number of hydrogen-bond donors (Lipinski definition) is 0. The summed E-state index contributed by atoms with van der Waals surface area (Å²) in [6, 6.07) is 11.5. The fourth-order valence-electron chi connectivity index (χ4n) is 2.47. The Hall–Kier alpha value is -2.89. The third-order valence-corrected chi connectivity index (χ3v) is 3.81. The van der Waals surface area contributed by atoms with E-state index in [4.69, 9.17) is 14.2 Å². The highest BCUT2D eigenvalue weighted by molar-refractivity contribution is 5.92. The van der Waals surface area contributed by atoms with Crippen molar-refractivity contribution in [3.63, 3.8) is 0 Å². The van der Waals surface area contributed by atoms with Crippen LogP contribution in [0, 0.1) is 0 Å². The van der Waals surface area contributed by atoms with Crippen molar-refractivity contribution in [2.24, 2.45) is 0 Å². The van der Waals surface area contributed by atoms with Crippen molar-refractivity contribution in [2.75, 3.05) is 6.61 Å². The van der Waals surface area contributed by atoms with Crippen LogP contribution in [-0.4, -0.2) is 29.6 Å². The second-order valence-electron chi connectivity index (χ2n) is 6.61. The van der Waals surface area contributed by atoms with Gasteiger partial charge in [0.05, 0.1) is 12.7 Å². The molecule has 1 heterocycles. The number of pyridine rings is 1. The maximum absolute atomic E-state index is 12.5. The van der Waals surface area contributed by atoms with Crippen LogP contribution in [0.5, 0.6) is 11.5 Å². The van der Waals surface area contributed by atoms with Crippen molar-refractivity contribution in [1.82, 2.24) is 4.98 Å². The van der Waals surface area contributed by atoms with Gasteiger partial charge in [-0.1, -0.05) is 44.4 Å². The molecule has 0 saturated carbocycles. The first kappa shape index (κ1) is 21.4. The maximum atomic E-state index is 12.5. The Bertz CT molecular complexity index is 788. The predicted molar refractivity (Wildman–Crippen MR) is 106 cm³/mol. The summed E-state index contributed by atoms with van der Waals surface area (Å²) in [4.78, 5) is 28.7. The highest BCUT2D eigenvalue weighted by Crippen LogP contribution is 2.28. The summed E-state index contributed by atoms with van der Waals surface area (Å²) in [5, 5.41) is 0. The van der Waals surface area contributed by atoms with Gasteiger partial charge in [0.25, 0.3) is 0 Å². The number of nitrogens with zero attached hydrogens (tertiary/aromatic N) is 1. The second kappa shape index (κ2) is 11.1. The van der Waals surface area contributed by atoms with Gasteiger partial charge in [0, 0.05) is 0 Å². The molecule has 0 fully saturated rings. The van der Waals surface area contributed by atoms with Crippen LogP contribution < -0.4 is 9.47 Å². The molecule has 0 spiro atoms. The molecule has 0 saturated heterocycles. The average Bonchev–Trinajstić information content (AvgIpc) is 2.69. The molecule has 28 heavy (non-hydrogen) atoms. The van der Waals surface area contributed by atoms with E-state index in [1.54, 1.807) is 30.3 Å². The zero-order valence-electron chi connectivity index (χ0n) is 16.6. The number of ether oxygens (including phenoxy) is 3. The Morgan fingerprint density at radius 2 is 1.57 bits per heavy atom. The van der Waals surface area contributed by atoms with E-state index in [2.05, 4.69) is 11.9 Å². The van der Waals surface area contributed by atoms with Gasteiger partial charge in [-0.05, 0) is 44.5 Å². The van der Waals surface area contributed by atoms with Crippen molar-refractivity contribution >= 4 is 11.9 Å². The molecule has 0 aliphatic rings. The molecule has 2 aromatic rings. The van der Waals surface area contributed by atoms with Crippen LogP contribution in [0.1, 0.15) is 67.4 Å². The van der Waals surface area contributed by atoms with E-state index in [1.165, 1.54) is 12.1 Å². The number of hydrogen-bond acceptors (Lipinski definition) is 6. The SMILES string of the molecule is CCCCCCOC(=O)c1cccc(C(=O)Oc2ccccc2OC(C)C)n1. The van der Waals surface area contributed by atoms with E-state index in [9.17, 15) is 9.59 Å². The Balaban J connectivity index is 2.01. The van der Waals surface area contributed by atoms with Crippen LogP contribution in [0.4, 0.5) is 0 Å². The molecule has 0 atom stereocenters. The van der Waals surface area contributed by atoms with Gasteiger partial charge < -0.3 is 14.2 Å². The van der Waals surface area contributed by atoms with Gasteiger partial charge in [-0.25, -0.2) is 14.6 Å². The van der Waals surface area contributed by atoms with Gasteiger partial charge in [0.1, 0.15) is 11.4 Å². The van der Waals surface area contributed by atoms with E-state index < -0.39 is 11.9 Å². The largest absolute Gasteiger partial charge is 0.487 e. The third-order valence-electron chi connectivity index (χ3n) is 3.81. The molecule has 6 nitrogen and oxygen atoms in total. The van der Waals surface area contributed by atoms with Gasteiger partial charge in [0.2, 0.25) is 0 Å². The van der Waals surface area contributed by atoms with Crippen LogP contribution in [0.25, 0.3) is 0 Å². The molecule has 150 valence electrons. The van der Waals surface area contributed by atoms with Gasteiger partial charge in [-0.15, -0.1) is 0 Å². The van der Waals surface area contributed by atoms with Crippen molar-refractivity contribution in [3.05, 3.63) is 53.9 Å². The quantitative estimate of drug-likeness (QED) is 0.331. The summed E-state index contributed by atoms with van der Waals surface area (Å²) in [5.74, 6) is -0.451. The van der Waals surface area contributed by atoms with Gasteiger partial charge >= 0.3 is 11.9 Å². The van der Waals surface area contributed by atoms with Gasteiger partial charge in [-0.3, -0.25) is 0 Å². The highest BCUT2D eigenvalue weighted by atomic mass is 16.6. The lowest BCUT2D eigenvalue weighted by Gasteiger charge is -2.13. The molecule has 0 unspecified atom stereocenters. The van der Waals surface area contributed by atoms with Gasteiger partial charge in [-0.2, -0.15) is 0 Å². The Kier molecular flexibility index (Phi) is 8.46. The van der Waals surface area contributed by atoms with Crippen LogP contribution in [0.2, 0.25) is 0 Å². The first-order valence-electron chi connectivity index (χ1n) is 9.63. The topological polar surface area (TPSA) is 74.7 Å². The number of rotatable bonds is 10. The molecule has 0 bridgehead atoms. The Morgan fingerprint density at radius 3 is 2.25 bits per heavy atom. The zero-order valence-corrected chi connectivity index (χ0v) is 16.6. The molecule has 0 radical (unpaired) electrons. The monoisotopic (exact) mass is 385 g/mol. The lowest BCUT2D eigenvalue weighted by molar-refractivity contribution is 0.0490. The zero-order chi connectivity index (χ0) is 20.4. The summed E-state index contributed by atoms with van der Waals surface area (Å²) in [5.41, 5.74) is 0.108. The number of unbranched alkanes of at least 4 members (excludes halogenated alkanes) is 3. The fraction of sp³-hybridized carbons (Fsp3) is 0.409. The average molecular weight is 385 g/mol. The summed E-state index contributed by atoms with van der Waals surface area (Å²) >= 11 is 0. The Labute approximate surface area is 165 Å².